The minimum absolute atomic E-state index is 0.267. The van der Waals surface area contributed by atoms with Crippen molar-refractivity contribution >= 4 is 28.4 Å². The van der Waals surface area contributed by atoms with Gasteiger partial charge in [-0.2, -0.15) is 0 Å². The van der Waals surface area contributed by atoms with Gasteiger partial charge in [0.15, 0.2) is 0 Å². The highest BCUT2D eigenvalue weighted by molar-refractivity contribution is 8.13. The van der Waals surface area contributed by atoms with Gasteiger partial charge in [0.1, 0.15) is 0 Å². The Balaban J connectivity index is 2.21. The Hall–Kier alpha value is -0.540. The average molecular weight is 227 g/mol. The van der Waals surface area contributed by atoms with E-state index in [0.29, 0.717) is 5.02 Å². The molecule has 74 valence electrons. The predicted octanol–water partition coefficient (Wildman–Crippen LogP) is 3.33. The SMILES string of the molecule is CSC1=NC(c2cncc(Cl)c2)CC1. The summed E-state index contributed by atoms with van der Waals surface area (Å²) in [6, 6.07) is 2.22. The lowest BCUT2D eigenvalue weighted by Gasteiger charge is -2.05. The van der Waals surface area contributed by atoms with Crippen LogP contribution in [0.3, 0.4) is 0 Å². The number of thioether (sulfide) groups is 1. The molecule has 0 N–H and O–H groups in total. The first-order valence-corrected chi connectivity index (χ1v) is 6.11. The van der Waals surface area contributed by atoms with E-state index in [2.05, 4.69) is 16.2 Å². The number of rotatable bonds is 1. The minimum atomic E-state index is 0.267. The second-order valence-corrected chi connectivity index (χ2v) is 4.53. The van der Waals surface area contributed by atoms with Crippen LogP contribution < -0.4 is 0 Å². The van der Waals surface area contributed by atoms with Crippen LogP contribution >= 0.6 is 23.4 Å². The molecule has 1 atom stereocenters. The quantitative estimate of drug-likeness (QED) is 0.734. The van der Waals surface area contributed by atoms with Crippen molar-refractivity contribution in [1.82, 2.24) is 4.98 Å². The molecular weight excluding hydrogens is 216 g/mol. The fraction of sp³-hybridized carbons (Fsp3) is 0.400. The van der Waals surface area contributed by atoms with Gasteiger partial charge in [0.2, 0.25) is 0 Å². The zero-order chi connectivity index (χ0) is 9.97. The van der Waals surface area contributed by atoms with Gasteiger partial charge < -0.3 is 0 Å². The fourth-order valence-corrected chi connectivity index (χ4v) is 2.31. The van der Waals surface area contributed by atoms with Crippen LogP contribution in [0.15, 0.2) is 23.5 Å². The summed E-state index contributed by atoms with van der Waals surface area (Å²) in [5.41, 5.74) is 1.13. The van der Waals surface area contributed by atoms with E-state index in [1.54, 1.807) is 18.0 Å². The van der Waals surface area contributed by atoms with E-state index in [1.807, 2.05) is 12.3 Å². The van der Waals surface area contributed by atoms with Gasteiger partial charge in [-0.25, -0.2) is 0 Å². The molecular formula is C10H11ClN2S. The molecule has 1 aliphatic heterocycles. The highest BCUT2D eigenvalue weighted by Gasteiger charge is 2.18. The molecule has 0 amide bonds. The first-order valence-electron chi connectivity index (χ1n) is 4.50. The van der Waals surface area contributed by atoms with Gasteiger partial charge >= 0.3 is 0 Å². The van der Waals surface area contributed by atoms with Gasteiger partial charge in [-0.3, -0.25) is 9.98 Å². The highest BCUT2D eigenvalue weighted by Crippen LogP contribution is 2.31. The van der Waals surface area contributed by atoms with E-state index in [0.717, 1.165) is 18.4 Å². The molecule has 0 fully saturated rings. The molecule has 0 saturated heterocycles. The monoisotopic (exact) mass is 226 g/mol. The summed E-state index contributed by atoms with van der Waals surface area (Å²) in [5.74, 6) is 0. The van der Waals surface area contributed by atoms with E-state index in [9.17, 15) is 0 Å². The summed E-state index contributed by atoms with van der Waals surface area (Å²) in [7, 11) is 0. The maximum Gasteiger partial charge on any atom is 0.0777 e. The summed E-state index contributed by atoms with van der Waals surface area (Å²) >= 11 is 7.61. The topological polar surface area (TPSA) is 25.2 Å². The maximum absolute atomic E-state index is 5.88. The van der Waals surface area contributed by atoms with Crippen molar-refractivity contribution in [2.24, 2.45) is 4.99 Å². The molecule has 0 saturated carbocycles. The first-order chi connectivity index (χ1) is 6.79. The second-order valence-electron chi connectivity index (χ2n) is 3.22. The summed E-state index contributed by atoms with van der Waals surface area (Å²) in [6.45, 7) is 0. The molecule has 2 rings (SSSR count). The van der Waals surface area contributed by atoms with E-state index >= 15 is 0 Å². The summed E-state index contributed by atoms with van der Waals surface area (Å²) < 4.78 is 0. The summed E-state index contributed by atoms with van der Waals surface area (Å²) in [4.78, 5) is 8.67. The molecule has 2 heterocycles. The van der Waals surface area contributed by atoms with E-state index in [4.69, 9.17) is 11.6 Å². The van der Waals surface area contributed by atoms with Crippen LogP contribution in [0.2, 0.25) is 5.02 Å². The van der Waals surface area contributed by atoms with Crippen molar-refractivity contribution in [3.8, 4) is 0 Å². The Morgan fingerprint density at radius 3 is 3.00 bits per heavy atom. The van der Waals surface area contributed by atoms with Gasteiger partial charge in [0.25, 0.3) is 0 Å². The van der Waals surface area contributed by atoms with E-state index in [1.165, 1.54) is 5.04 Å². The van der Waals surface area contributed by atoms with Gasteiger partial charge in [0, 0.05) is 12.4 Å². The first kappa shape index (κ1) is 9.99. The van der Waals surface area contributed by atoms with E-state index in [-0.39, 0.29) is 6.04 Å². The Morgan fingerprint density at radius 2 is 2.36 bits per heavy atom. The third kappa shape index (κ3) is 2.10. The summed E-state index contributed by atoms with van der Waals surface area (Å²) in [5, 5.41) is 1.92. The number of aliphatic imine (C=N–C) groups is 1. The van der Waals surface area contributed by atoms with Crippen LogP contribution in [-0.2, 0) is 0 Å². The molecule has 1 aromatic rings. The van der Waals surface area contributed by atoms with Crippen molar-refractivity contribution in [2.45, 2.75) is 18.9 Å². The number of aromatic nitrogens is 1. The number of nitrogens with zero attached hydrogens (tertiary/aromatic N) is 2. The molecule has 14 heavy (non-hydrogen) atoms. The highest BCUT2D eigenvalue weighted by atomic mass is 35.5. The van der Waals surface area contributed by atoms with Gasteiger partial charge in [-0.15, -0.1) is 11.8 Å². The molecule has 0 aromatic carbocycles. The van der Waals surface area contributed by atoms with Crippen molar-refractivity contribution < 1.29 is 0 Å². The molecule has 2 nitrogen and oxygen atoms in total. The molecule has 0 bridgehead atoms. The van der Waals surface area contributed by atoms with Gasteiger partial charge in [-0.05, 0) is 30.7 Å². The Morgan fingerprint density at radius 1 is 1.50 bits per heavy atom. The lowest BCUT2D eigenvalue weighted by Crippen LogP contribution is -1.91. The number of hydrogen-bond acceptors (Lipinski definition) is 3. The van der Waals surface area contributed by atoms with Crippen molar-refractivity contribution in [2.75, 3.05) is 6.26 Å². The maximum atomic E-state index is 5.88. The largest absolute Gasteiger partial charge is 0.275 e. The van der Waals surface area contributed by atoms with Crippen LogP contribution in [0, 0.1) is 0 Å². The summed E-state index contributed by atoms with van der Waals surface area (Å²) in [6.07, 6.45) is 7.73. The number of pyridine rings is 1. The standard InChI is InChI=1S/C10H11ClN2S/c1-14-10-3-2-9(13-10)7-4-8(11)6-12-5-7/h4-6,9H,2-3H2,1H3. The zero-order valence-corrected chi connectivity index (χ0v) is 9.48. The fourth-order valence-electron chi connectivity index (χ4n) is 1.57. The Bertz CT molecular complexity index is 365. The third-order valence-electron chi connectivity index (χ3n) is 2.28. The lowest BCUT2D eigenvalue weighted by atomic mass is 10.1. The normalized spacial score (nSPS) is 21.0. The second kappa shape index (κ2) is 4.32. The zero-order valence-electron chi connectivity index (χ0n) is 7.90. The van der Waals surface area contributed by atoms with E-state index < -0.39 is 0 Å². The van der Waals surface area contributed by atoms with Crippen molar-refractivity contribution in [3.05, 3.63) is 29.0 Å². The van der Waals surface area contributed by atoms with Crippen LogP contribution in [0.5, 0.6) is 0 Å². The molecule has 0 radical (unpaired) electrons. The van der Waals surface area contributed by atoms with Gasteiger partial charge in [-0.1, -0.05) is 11.6 Å². The smallest absolute Gasteiger partial charge is 0.0777 e. The predicted molar refractivity (Wildman–Crippen MR) is 62.2 cm³/mol. The number of halogens is 1. The van der Waals surface area contributed by atoms with Crippen LogP contribution in [0.1, 0.15) is 24.4 Å². The molecule has 4 heteroatoms. The Kier molecular flexibility index (Phi) is 3.08. The van der Waals surface area contributed by atoms with Crippen LogP contribution in [-0.4, -0.2) is 16.3 Å². The molecule has 1 aliphatic rings. The molecule has 0 spiro atoms. The van der Waals surface area contributed by atoms with Crippen LogP contribution in [0.25, 0.3) is 0 Å². The van der Waals surface area contributed by atoms with Crippen molar-refractivity contribution in [1.29, 1.82) is 0 Å². The Labute approximate surface area is 92.8 Å². The molecule has 0 aliphatic carbocycles. The van der Waals surface area contributed by atoms with Gasteiger partial charge in [0.05, 0.1) is 16.1 Å². The lowest BCUT2D eigenvalue weighted by molar-refractivity contribution is 0.719. The number of hydrogen-bond donors (Lipinski definition) is 0. The third-order valence-corrected chi connectivity index (χ3v) is 3.27. The van der Waals surface area contributed by atoms with Crippen molar-refractivity contribution in [3.63, 3.8) is 0 Å². The molecule has 1 unspecified atom stereocenters. The molecule has 1 aromatic heterocycles. The average Bonchev–Trinajstić information content (AvgIpc) is 2.66. The van der Waals surface area contributed by atoms with Crippen LogP contribution in [0.4, 0.5) is 0 Å². The minimum Gasteiger partial charge on any atom is -0.275 e.